The van der Waals surface area contributed by atoms with Gasteiger partial charge in [0.25, 0.3) is 0 Å². The quantitative estimate of drug-likeness (QED) is 0.431. The Bertz CT molecular complexity index is 1160. The molecule has 1 amide bonds. The van der Waals surface area contributed by atoms with Crippen LogP contribution in [0.2, 0.25) is 0 Å². The minimum absolute atomic E-state index is 0.0209. The highest BCUT2D eigenvalue weighted by molar-refractivity contribution is 9.10. The van der Waals surface area contributed by atoms with Crippen molar-refractivity contribution in [1.82, 2.24) is 9.88 Å². The van der Waals surface area contributed by atoms with E-state index in [-0.39, 0.29) is 5.88 Å². The van der Waals surface area contributed by atoms with Crippen LogP contribution in [0.5, 0.6) is 5.88 Å². The third kappa shape index (κ3) is 3.40. The summed E-state index contributed by atoms with van der Waals surface area (Å²) in [5, 5.41) is 15.5. The van der Waals surface area contributed by atoms with Crippen LogP contribution in [0.1, 0.15) is 25.0 Å². The van der Waals surface area contributed by atoms with Crippen LogP contribution in [0, 0.1) is 0 Å². The number of nitrogens with one attached hydrogen (secondary N) is 1. The zero-order chi connectivity index (χ0) is 20.5. The predicted molar refractivity (Wildman–Crippen MR) is 116 cm³/mol. The van der Waals surface area contributed by atoms with Gasteiger partial charge in [-0.05, 0) is 32.0 Å². The predicted octanol–water partition coefficient (Wildman–Crippen LogP) is 4.95. The lowest BCUT2D eigenvalue weighted by atomic mass is 10.0. The Labute approximate surface area is 175 Å². The van der Waals surface area contributed by atoms with E-state index >= 15 is 0 Å². The molecule has 2 heterocycles. The Balaban J connectivity index is 1.81. The Hall–Kier alpha value is -3.13. The molecule has 7 nitrogen and oxygen atoms in total. The first kappa shape index (κ1) is 19.2. The molecule has 0 atom stereocenters. The number of carbonyl (C=O) groups excluding carboxylic acids is 1. The smallest absolute Gasteiger partial charge is 0.435 e. The first-order valence-electron chi connectivity index (χ1n) is 9.26. The van der Waals surface area contributed by atoms with E-state index in [4.69, 9.17) is 4.84 Å². The molecule has 0 radical (unpaired) electrons. The summed E-state index contributed by atoms with van der Waals surface area (Å²) in [5.74, 6) is -0.0209. The highest BCUT2D eigenvalue weighted by Crippen LogP contribution is 2.36. The highest BCUT2D eigenvalue weighted by atomic mass is 79.9. The first-order chi connectivity index (χ1) is 14.0. The summed E-state index contributed by atoms with van der Waals surface area (Å²) in [6, 6.07) is 13.1. The molecular formula is C21H19BrN4O3. The number of para-hydroxylation sites is 1. The summed E-state index contributed by atoms with van der Waals surface area (Å²) in [6.07, 6.45) is -0.529. The number of rotatable bonds is 4. The second-order valence-corrected chi connectivity index (χ2v) is 7.40. The number of hydrogen-bond donors (Lipinski definition) is 2. The third-order valence-electron chi connectivity index (χ3n) is 4.83. The van der Waals surface area contributed by atoms with Gasteiger partial charge in [0.05, 0.1) is 16.8 Å². The van der Waals surface area contributed by atoms with Crippen LogP contribution in [-0.4, -0.2) is 45.6 Å². The van der Waals surface area contributed by atoms with Gasteiger partial charge in [-0.2, -0.15) is 0 Å². The van der Waals surface area contributed by atoms with Crippen molar-refractivity contribution in [3.05, 3.63) is 58.1 Å². The number of nitrogens with zero attached hydrogens (tertiary/aromatic N) is 3. The zero-order valence-electron chi connectivity index (χ0n) is 15.9. The number of fused-ring (bicyclic) bond motifs is 2. The SMILES string of the molecule is CCN(CC)C(=O)ON=C1C(c2c(O)[nH]c3cc(Br)ccc23)=Nc2ccccc21. The summed E-state index contributed by atoms with van der Waals surface area (Å²) in [4.78, 5) is 26.7. The Morgan fingerprint density at radius 1 is 1.24 bits per heavy atom. The summed E-state index contributed by atoms with van der Waals surface area (Å²) < 4.78 is 0.886. The number of hydrogen-bond acceptors (Lipinski definition) is 5. The molecule has 148 valence electrons. The maximum absolute atomic E-state index is 12.3. The van der Waals surface area contributed by atoms with Gasteiger partial charge in [-0.1, -0.05) is 45.4 Å². The van der Waals surface area contributed by atoms with E-state index in [9.17, 15) is 9.90 Å². The van der Waals surface area contributed by atoms with E-state index in [0.29, 0.717) is 35.8 Å². The summed E-state index contributed by atoms with van der Waals surface area (Å²) >= 11 is 3.44. The molecule has 0 saturated heterocycles. The Morgan fingerprint density at radius 3 is 2.76 bits per heavy atom. The van der Waals surface area contributed by atoms with Gasteiger partial charge < -0.3 is 15.0 Å². The molecular weight excluding hydrogens is 436 g/mol. The van der Waals surface area contributed by atoms with E-state index in [1.807, 2.05) is 56.3 Å². The normalized spacial score (nSPS) is 14.2. The molecule has 0 unspecified atom stereocenters. The van der Waals surface area contributed by atoms with Gasteiger partial charge in [0.15, 0.2) is 5.88 Å². The number of aromatic hydroxyl groups is 1. The van der Waals surface area contributed by atoms with Crippen molar-refractivity contribution in [3.63, 3.8) is 0 Å². The van der Waals surface area contributed by atoms with Crippen molar-refractivity contribution in [3.8, 4) is 5.88 Å². The highest BCUT2D eigenvalue weighted by Gasteiger charge is 2.29. The molecule has 4 rings (SSSR count). The topological polar surface area (TPSA) is 90.3 Å². The molecule has 0 spiro atoms. The van der Waals surface area contributed by atoms with Crippen molar-refractivity contribution < 1.29 is 14.7 Å². The number of oxime groups is 1. The summed E-state index contributed by atoms with van der Waals surface area (Å²) in [6.45, 7) is 4.79. The van der Waals surface area contributed by atoms with Crippen LogP contribution in [0.15, 0.2) is 57.1 Å². The molecule has 1 aliphatic rings. The number of aromatic amines is 1. The lowest BCUT2D eigenvalue weighted by Gasteiger charge is -2.15. The molecule has 1 aliphatic heterocycles. The molecule has 3 aromatic rings. The molecule has 29 heavy (non-hydrogen) atoms. The fourth-order valence-electron chi connectivity index (χ4n) is 3.36. The van der Waals surface area contributed by atoms with Crippen molar-refractivity contribution >= 4 is 50.0 Å². The van der Waals surface area contributed by atoms with Crippen LogP contribution in [0.4, 0.5) is 10.5 Å². The van der Waals surface area contributed by atoms with Crippen LogP contribution in [-0.2, 0) is 4.84 Å². The molecule has 0 fully saturated rings. The minimum atomic E-state index is -0.529. The number of H-pyrrole nitrogens is 1. The van der Waals surface area contributed by atoms with Gasteiger partial charge in [0.1, 0.15) is 11.4 Å². The van der Waals surface area contributed by atoms with Gasteiger partial charge in [-0.25, -0.2) is 9.79 Å². The number of halogens is 1. The van der Waals surface area contributed by atoms with Crippen molar-refractivity contribution in [2.75, 3.05) is 13.1 Å². The molecule has 2 N–H and O–H groups in total. The standard InChI is InChI=1S/C21H19BrN4O3/c1-3-26(4-2)21(28)29-25-18-14-7-5-6-8-15(14)23-19(18)17-13-10-9-12(22)11-16(13)24-20(17)27/h5-11,24,27H,3-4H2,1-2H3. The molecule has 8 heteroatoms. The van der Waals surface area contributed by atoms with E-state index < -0.39 is 6.09 Å². The first-order valence-corrected chi connectivity index (χ1v) is 10.1. The van der Waals surface area contributed by atoms with E-state index in [0.717, 1.165) is 20.9 Å². The Morgan fingerprint density at radius 2 is 2.00 bits per heavy atom. The molecule has 0 aliphatic carbocycles. The van der Waals surface area contributed by atoms with Crippen molar-refractivity contribution in [1.29, 1.82) is 0 Å². The molecule has 0 saturated carbocycles. The van der Waals surface area contributed by atoms with Gasteiger partial charge >= 0.3 is 6.09 Å². The average Bonchev–Trinajstić information content (AvgIpc) is 3.22. The third-order valence-corrected chi connectivity index (χ3v) is 5.32. The van der Waals surface area contributed by atoms with Gasteiger partial charge in [0, 0.05) is 28.5 Å². The largest absolute Gasteiger partial charge is 0.494 e. The zero-order valence-corrected chi connectivity index (χ0v) is 17.5. The number of aromatic nitrogens is 1. The lowest BCUT2D eigenvalue weighted by molar-refractivity contribution is 0.110. The monoisotopic (exact) mass is 454 g/mol. The number of benzene rings is 2. The number of carbonyl (C=O) groups is 1. The fraction of sp³-hybridized carbons (Fsp3) is 0.190. The van der Waals surface area contributed by atoms with Gasteiger partial charge in [0.2, 0.25) is 0 Å². The number of amides is 1. The average molecular weight is 455 g/mol. The van der Waals surface area contributed by atoms with E-state index in [1.54, 1.807) is 0 Å². The molecule has 1 aromatic heterocycles. The second kappa shape index (κ2) is 7.71. The minimum Gasteiger partial charge on any atom is -0.494 e. The van der Waals surface area contributed by atoms with Crippen LogP contribution in [0.3, 0.4) is 0 Å². The summed E-state index contributed by atoms with van der Waals surface area (Å²) in [7, 11) is 0. The molecule has 0 bridgehead atoms. The summed E-state index contributed by atoms with van der Waals surface area (Å²) in [5.41, 5.74) is 3.56. The lowest BCUT2D eigenvalue weighted by Crippen LogP contribution is -2.30. The van der Waals surface area contributed by atoms with Crippen LogP contribution in [0.25, 0.3) is 10.9 Å². The fourth-order valence-corrected chi connectivity index (χ4v) is 3.72. The van der Waals surface area contributed by atoms with Crippen molar-refractivity contribution in [2.45, 2.75) is 13.8 Å². The second-order valence-electron chi connectivity index (χ2n) is 6.49. The van der Waals surface area contributed by atoms with Crippen molar-refractivity contribution in [2.24, 2.45) is 10.1 Å². The van der Waals surface area contributed by atoms with E-state index in [2.05, 4.69) is 31.1 Å². The van der Waals surface area contributed by atoms with Crippen LogP contribution >= 0.6 is 15.9 Å². The Kier molecular flexibility index (Phi) is 5.10. The number of aliphatic imine (C=N–C) groups is 1. The van der Waals surface area contributed by atoms with Crippen LogP contribution < -0.4 is 0 Å². The molecule has 2 aromatic carbocycles. The maximum atomic E-state index is 12.3. The van der Waals surface area contributed by atoms with E-state index in [1.165, 1.54) is 4.90 Å². The maximum Gasteiger partial charge on any atom is 0.435 e. The van der Waals surface area contributed by atoms with Gasteiger partial charge in [-0.15, -0.1) is 0 Å². The van der Waals surface area contributed by atoms with Gasteiger partial charge in [-0.3, -0.25) is 4.84 Å².